The molecule has 100 valence electrons. The Labute approximate surface area is 116 Å². The van der Waals surface area contributed by atoms with Crippen LogP contribution in [0.25, 0.3) is 0 Å². The van der Waals surface area contributed by atoms with Crippen molar-refractivity contribution in [2.24, 2.45) is 0 Å². The largest absolute Gasteiger partial charge is 0.385 e. The molecule has 2 aromatic rings. The molecule has 1 aromatic heterocycles. The third kappa shape index (κ3) is 3.48. The molecule has 0 aliphatic rings. The normalized spacial score (nSPS) is 10.2. The second-order valence-electron chi connectivity index (χ2n) is 3.94. The molecular weight excluding hydrogens is 264 g/mol. The summed E-state index contributed by atoms with van der Waals surface area (Å²) in [6, 6.07) is 5.20. The van der Waals surface area contributed by atoms with Crippen molar-refractivity contribution in [3.63, 3.8) is 0 Å². The number of hydrogen-bond donors (Lipinski definition) is 3. The lowest BCUT2D eigenvalue weighted by molar-refractivity contribution is 0.0951. The summed E-state index contributed by atoms with van der Waals surface area (Å²) in [7, 11) is 0. The van der Waals surface area contributed by atoms with Gasteiger partial charge in [-0.3, -0.25) is 4.79 Å². The van der Waals surface area contributed by atoms with E-state index in [9.17, 15) is 4.79 Å². The highest BCUT2D eigenvalue weighted by molar-refractivity contribution is 6.31. The van der Waals surface area contributed by atoms with Gasteiger partial charge in [0, 0.05) is 29.6 Å². The lowest BCUT2D eigenvalue weighted by Gasteiger charge is -2.11. The fourth-order valence-electron chi connectivity index (χ4n) is 1.70. The number of carbonyl (C=O) groups excluding carboxylic acids is 1. The van der Waals surface area contributed by atoms with Crippen LogP contribution < -0.4 is 10.6 Å². The summed E-state index contributed by atoms with van der Waals surface area (Å²) in [6.45, 7) is 3.06. The van der Waals surface area contributed by atoms with Gasteiger partial charge < -0.3 is 15.6 Å². The van der Waals surface area contributed by atoms with Crippen molar-refractivity contribution in [3.8, 4) is 0 Å². The first-order valence-corrected chi connectivity index (χ1v) is 6.38. The highest BCUT2D eigenvalue weighted by Crippen LogP contribution is 2.20. The Morgan fingerprint density at radius 2 is 2.32 bits per heavy atom. The molecule has 1 aromatic carbocycles. The molecule has 2 rings (SSSR count). The van der Waals surface area contributed by atoms with Crippen molar-refractivity contribution < 1.29 is 4.79 Å². The number of nitrogens with zero attached hydrogens (tertiary/aromatic N) is 1. The molecule has 3 N–H and O–H groups in total. The van der Waals surface area contributed by atoms with Crippen molar-refractivity contribution >= 4 is 23.2 Å². The predicted octanol–water partition coefficient (Wildman–Crippen LogP) is 2.42. The van der Waals surface area contributed by atoms with E-state index in [0.29, 0.717) is 23.0 Å². The molecule has 0 atom stereocenters. The van der Waals surface area contributed by atoms with E-state index in [-0.39, 0.29) is 5.91 Å². The lowest BCUT2D eigenvalue weighted by atomic mass is 10.1. The molecule has 1 amide bonds. The molecule has 0 bridgehead atoms. The predicted molar refractivity (Wildman–Crippen MR) is 75.4 cm³/mol. The maximum atomic E-state index is 12.1. The Kier molecular flexibility index (Phi) is 4.41. The van der Waals surface area contributed by atoms with Gasteiger partial charge in [0.2, 0.25) is 0 Å². The number of hydrogen-bond acceptors (Lipinski definition) is 3. The Morgan fingerprint density at radius 1 is 1.47 bits per heavy atom. The summed E-state index contributed by atoms with van der Waals surface area (Å²) in [6.07, 6.45) is 3.36. The Morgan fingerprint density at radius 3 is 3.00 bits per heavy atom. The van der Waals surface area contributed by atoms with E-state index in [1.807, 2.05) is 6.92 Å². The molecule has 1 heterocycles. The van der Waals surface area contributed by atoms with Crippen LogP contribution in [0.3, 0.4) is 0 Å². The fraction of sp³-hybridized carbons (Fsp3) is 0.231. The molecule has 5 nitrogen and oxygen atoms in total. The average Bonchev–Trinajstić information content (AvgIpc) is 2.91. The number of aromatic nitrogens is 2. The summed E-state index contributed by atoms with van der Waals surface area (Å²) in [4.78, 5) is 19.1. The lowest BCUT2D eigenvalue weighted by Crippen LogP contribution is -2.24. The molecule has 0 saturated carbocycles. The number of carbonyl (C=O) groups is 1. The number of imidazole rings is 1. The van der Waals surface area contributed by atoms with E-state index in [1.54, 1.807) is 30.6 Å². The van der Waals surface area contributed by atoms with Gasteiger partial charge in [-0.1, -0.05) is 11.6 Å². The minimum Gasteiger partial charge on any atom is -0.385 e. The molecule has 0 spiro atoms. The number of rotatable bonds is 5. The van der Waals surface area contributed by atoms with Gasteiger partial charge >= 0.3 is 0 Å². The number of H-pyrrole nitrogens is 1. The fourth-order valence-corrected chi connectivity index (χ4v) is 1.87. The first-order valence-electron chi connectivity index (χ1n) is 6.00. The smallest absolute Gasteiger partial charge is 0.253 e. The van der Waals surface area contributed by atoms with Crippen LogP contribution in [-0.2, 0) is 6.54 Å². The number of amides is 1. The van der Waals surface area contributed by atoms with Crippen LogP contribution in [0.4, 0.5) is 5.69 Å². The van der Waals surface area contributed by atoms with Crippen molar-refractivity contribution in [1.29, 1.82) is 0 Å². The molecule has 0 unspecified atom stereocenters. The van der Waals surface area contributed by atoms with E-state index in [0.717, 1.165) is 12.2 Å². The molecule has 0 fully saturated rings. The van der Waals surface area contributed by atoms with Crippen LogP contribution >= 0.6 is 11.6 Å². The molecule has 19 heavy (non-hydrogen) atoms. The number of benzene rings is 1. The van der Waals surface area contributed by atoms with Crippen LogP contribution in [-0.4, -0.2) is 22.4 Å². The third-order valence-electron chi connectivity index (χ3n) is 2.56. The van der Waals surface area contributed by atoms with Crippen molar-refractivity contribution in [1.82, 2.24) is 15.3 Å². The maximum absolute atomic E-state index is 12.1. The van der Waals surface area contributed by atoms with Crippen molar-refractivity contribution in [2.75, 3.05) is 11.9 Å². The minimum absolute atomic E-state index is 0.185. The summed E-state index contributed by atoms with van der Waals surface area (Å²) < 4.78 is 0. The zero-order valence-electron chi connectivity index (χ0n) is 10.5. The molecule has 6 heteroatoms. The van der Waals surface area contributed by atoms with Gasteiger partial charge in [-0.25, -0.2) is 4.98 Å². The van der Waals surface area contributed by atoms with Crippen LogP contribution in [0.15, 0.2) is 30.6 Å². The van der Waals surface area contributed by atoms with Gasteiger partial charge in [0.25, 0.3) is 5.91 Å². The molecule has 0 saturated heterocycles. The quantitative estimate of drug-likeness (QED) is 0.787. The second-order valence-corrected chi connectivity index (χ2v) is 4.38. The second kappa shape index (κ2) is 6.24. The standard InChI is InChI=1S/C13H15ClN4O/c1-2-15-11-4-3-9(14)7-10(11)13(19)18-8-12-16-5-6-17-12/h3-7,15H,2,8H2,1H3,(H,16,17)(H,18,19). The van der Waals surface area contributed by atoms with Crippen molar-refractivity contribution in [2.45, 2.75) is 13.5 Å². The first kappa shape index (κ1) is 13.4. The number of halogens is 1. The molecule has 0 aliphatic carbocycles. The van der Waals surface area contributed by atoms with E-state index in [1.165, 1.54) is 0 Å². The van der Waals surface area contributed by atoms with Gasteiger partial charge in [0.05, 0.1) is 12.1 Å². The topological polar surface area (TPSA) is 69.8 Å². The van der Waals surface area contributed by atoms with Crippen molar-refractivity contribution in [3.05, 3.63) is 47.0 Å². The Bertz CT molecular complexity index is 554. The van der Waals surface area contributed by atoms with Crippen LogP contribution in [0.2, 0.25) is 5.02 Å². The van der Waals surface area contributed by atoms with Crippen LogP contribution in [0, 0.1) is 0 Å². The summed E-state index contributed by atoms with van der Waals surface area (Å²) in [5.41, 5.74) is 1.30. The van der Waals surface area contributed by atoms with Gasteiger partial charge in [0.1, 0.15) is 5.82 Å². The first-order chi connectivity index (χ1) is 9.20. The minimum atomic E-state index is -0.185. The monoisotopic (exact) mass is 278 g/mol. The zero-order chi connectivity index (χ0) is 13.7. The van der Waals surface area contributed by atoms with E-state index >= 15 is 0 Å². The average molecular weight is 279 g/mol. The summed E-state index contributed by atoms with van der Waals surface area (Å²) in [5.74, 6) is 0.523. The molecule has 0 radical (unpaired) electrons. The number of nitrogens with one attached hydrogen (secondary N) is 3. The van der Waals surface area contributed by atoms with E-state index in [4.69, 9.17) is 11.6 Å². The zero-order valence-corrected chi connectivity index (χ0v) is 11.3. The van der Waals surface area contributed by atoms with E-state index in [2.05, 4.69) is 20.6 Å². The summed E-state index contributed by atoms with van der Waals surface area (Å²) in [5, 5.41) is 6.46. The van der Waals surface area contributed by atoms with E-state index < -0.39 is 0 Å². The Balaban J connectivity index is 2.11. The van der Waals surface area contributed by atoms with Gasteiger partial charge in [-0.05, 0) is 25.1 Å². The summed E-state index contributed by atoms with van der Waals surface area (Å²) >= 11 is 5.93. The third-order valence-corrected chi connectivity index (χ3v) is 2.80. The number of aromatic amines is 1. The molecular formula is C13H15ClN4O. The maximum Gasteiger partial charge on any atom is 0.253 e. The number of anilines is 1. The molecule has 0 aliphatic heterocycles. The highest BCUT2D eigenvalue weighted by Gasteiger charge is 2.11. The van der Waals surface area contributed by atoms with Crippen LogP contribution in [0.1, 0.15) is 23.1 Å². The van der Waals surface area contributed by atoms with Gasteiger partial charge in [0.15, 0.2) is 0 Å². The van der Waals surface area contributed by atoms with Gasteiger partial charge in [-0.2, -0.15) is 0 Å². The highest BCUT2D eigenvalue weighted by atomic mass is 35.5. The Hall–Kier alpha value is -2.01. The van der Waals surface area contributed by atoms with Gasteiger partial charge in [-0.15, -0.1) is 0 Å². The van der Waals surface area contributed by atoms with Crippen LogP contribution in [0.5, 0.6) is 0 Å². The SMILES string of the molecule is CCNc1ccc(Cl)cc1C(=O)NCc1ncc[nH]1.